The highest BCUT2D eigenvalue weighted by Crippen LogP contribution is 2.26. The number of nitrogens with one attached hydrogen (secondary N) is 2. The van der Waals surface area contributed by atoms with Crippen molar-refractivity contribution < 1.29 is 13.9 Å². The largest absolute Gasteiger partial charge is 0.494 e. The first kappa shape index (κ1) is 14.4. The van der Waals surface area contributed by atoms with Crippen molar-refractivity contribution in [2.75, 3.05) is 12.4 Å². The van der Waals surface area contributed by atoms with Crippen LogP contribution in [-0.4, -0.2) is 18.0 Å². The molecule has 0 aliphatic rings. The van der Waals surface area contributed by atoms with Gasteiger partial charge in [0.15, 0.2) is 0 Å². The fourth-order valence-corrected chi connectivity index (χ4v) is 2.36. The van der Waals surface area contributed by atoms with Crippen molar-refractivity contribution in [1.82, 2.24) is 4.98 Å². The van der Waals surface area contributed by atoms with E-state index in [9.17, 15) is 9.18 Å². The summed E-state index contributed by atoms with van der Waals surface area (Å²) < 4.78 is 18.2. The number of aromatic nitrogens is 1. The SMILES string of the molecule is COc1cc(F)ccc1NC(=O)c1cc2cc(Cl)ccc2[nH]1. The summed E-state index contributed by atoms with van der Waals surface area (Å²) in [6, 6.07) is 10.9. The molecule has 0 saturated carbocycles. The van der Waals surface area contributed by atoms with Gasteiger partial charge in [0.05, 0.1) is 12.8 Å². The van der Waals surface area contributed by atoms with Crippen LogP contribution in [0.5, 0.6) is 5.75 Å². The van der Waals surface area contributed by atoms with Gasteiger partial charge in [0.1, 0.15) is 17.3 Å². The summed E-state index contributed by atoms with van der Waals surface area (Å²) in [6.07, 6.45) is 0. The second-order valence-electron chi connectivity index (χ2n) is 4.71. The van der Waals surface area contributed by atoms with Gasteiger partial charge in [0, 0.05) is 22.0 Å². The van der Waals surface area contributed by atoms with E-state index in [2.05, 4.69) is 10.3 Å². The second kappa shape index (κ2) is 5.69. The molecule has 0 bridgehead atoms. The van der Waals surface area contributed by atoms with Crippen LogP contribution in [0.1, 0.15) is 10.5 Å². The van der Waals surface area contributed by atoms with Crippen molar-refractivity contribution in [2.24, 2.45) is 0 Å². The Hall–Kier alpha value is -2.53. The molecule has 112 valence electrons. The maximum absolute atomic E-state index is 13.2. The Morgan fingerprint density at radius 1 is 1.23 bits per heavy atom. The number of benzene rings is 2. The number of hydrogen-bond donors (Lipinski definition) is 2. The van der Waals surface area contributed by atoms with E-state index in [-0.39, 0.29) is 11.7 Å². The molecule has 6 heteroatoms. The first-order valence-electron chi connectivity index (χ1n) is 6.50. The smallest absolute Gasteiger partial charge is 0.272 e. The predicted molar refractivity (Wildman–Crippen MR) is 84.2 cm³/mol. The summed E-state index contributed by atoms with van der Waals surface area (Å²) in [5, 5.41) is 4.12. The minimum atomic E-state index is -0.435. The predicted octanol–water partition coefficient (Wildman–Crippen LogP) is 4.22. The van der Waals surface area contributed by atoms with Crippen LogP contribution in [0.4, 0.5) is 10.1 Å². The Balaban J connectivity index is 1.90. The fourth-order valence-electron chi connectivity index (χ4n) is 2.18. The highest BCUT2D eigenvalue weighted by Gasteiger charge is 2.13. The number of amides is 1. The van der Waals surface area contributed by atoms with Crippen molar-refractivity contribution in [3.8, 4) is 5.75 Å². The quantitative estimate of drug-likeness (QED) is 0.759. The van der Waals surface area contributed by atoms with Crippen LogP contribution < -0.4 is 10.1 Å². The molecule has 1 heterocycles. The Labute approximate surface area is 130 Å². The van der Waals surface area contributed by atoms with E-state index in [1.165, 1.54) is 25.3 Å². The van der Waals surface area contributed by atoms with Crippen molar-refractivity contribution in [1.29, 1.82) is 0 Å². The number of H-pyrrole nitrogens is 1. The molecule has 0 atom stereocenters. The third-order valence-corrected chi connectivity index (χ3v) is 3.47. The lowest BCUT2D eigenvalue weighted by molar-refractivity contribution is 0.102. The van der Waals surface area contributed by atoms with Crippen molar-refractivity contribution in [3.63, 3.8) is 0 Å². The van der Waals surface area contributed by atoms with E-state index in [1.807, 2.05) is 0 Å². The highest BCUT2D eigenvalue weighted by molar-refractivity contribution is 6.31. The molecule has 2 aromatic carbocycles. The molecule has 3 rings (SSSR count). The zero-order valence-electron chi connectivity index (χ0n) is 11.6. The summed E-state index contributed by atoms with van der Waals surface area (Å²) in [5.41, 5.74) is 1.58. The Kier molecular flexibility index (Phi) is 3.73. The number of fused-ring (bicyclic) bond motifs is 1. The summed E-state index contributed by atoms with van der Waals surface area (Å²) in [7, 11) is 1.41. The fraction of sp³-hybridized carbons (Fsp3) is 0.0625. The Morgan fingerprint density at radius 3 is 2.82 bits per heavy atom. The lowest BCUT2D eigenvalue weighted by atomic mass is 10.2. The second-order valence-corrected chi connectivity index (χ2v) is 5.15. The van der Waals surface area contributed by atoms with Gasteiger partial charge in [-0.3, -0.25) is 4.79 Å². The molecule has 2 N–H and O–H groups in total. The monoisotopic (exact) mass is 318 g/mol. The first-order chi connectivity index (χ1) is 10.6. The zero-order valence-corrected chi connectivity index (χ0v) is 12.4. The molecule has 22 heavy (non-hydrogen) atoms. The Morgan fingerprint density at radius 2 is 2.05 bits per heavy atom. The van der Waals surface area contributed by atoms with Crippen LogP contribution in [0.15, 0.2) is 42.5 Å². The first-order valence-corrected chi connectivity index (χ1v) is 6.88. The van der Waals surface area contributed by atoms with Gasteiger partial charge >= 0.3 is 0 Å². The standard InChI is InChI=1S/C16H12ClFN2O2/c1-22-15-8-11(18)3-5-13(15)20-16(21)14-7-9-6-10(17)2-4-12(9)19-14/h2-8,19H,1H3,(H,20,21). The Bertz CT molecular complexity index is 860. The number of anilines is 1. The lowest BCUT2D eigenvalue weighted by Crippen LogP contribution is -2.13. The topological polar surface area (TPSA) is 54.1 Å². The molecule has 0 spiro atoms. The van der Waals surface area contributed by atoms with Gasteiger partial charge in [-0.2, -0.15) is 0 Å². The minimum absolute atomic E-state index is 0.257. The average Bonchev–Trinajstić information content (AvgIpc) is 2.92. The van der Waals surface area contributed by atoms with Crippen LogP contribution in [0.25, 0.3) is 10.9 Å². The molecule has 3 aromatic rings. The van der Waals surface area contributed by atoms with E-state index in [0.29, 0.717) is 16.4 Å². The van der Waals surface area contributed by atoms with E-state index < -0.39 is 5.82 Å². The number of carbonyl (C=O) groups is 1. The molecule has 0 radical (unpaired) electrons. The lowest BCUT2D eigenvalue weighted by Gasteiger charge is -2.09. The van der Waals surface area contributed by atoms with Crippen LogP contribution in [-0.2, 0) is 0 Å². The van der Waals surface area contributed by atoms with Crippen LogP contribution >= 0.6 is 11.6 Å². The average molecular weight is 319 g/mol. The molecule has 0 saturated heterocycles. The van der Waals surface area contributed by atoms with Gasteiger partial charge in [-0.15, -0.1) is 0 Å². The molecule has 1 amide bonds. The van der Waals surface area contributed by atoms with Crippen molar-refractivity contribution in [3.05, 3.63) is 59.0 Å². The molecule has 0 fully saturated rings. The molecule has 0 aliphatic heterocycles. The van der Waals surface area contributed by atoms with Gasteiger partial charge in [0.25, 0.3) is 5.91 Å². The summed E-state index contributed by atoms with van der Waals surface area (Å²) in [4.78, 5) is 15.3. The van der Waals surface area contributed by atoms with E-state index in [1.54, 1.807) is 24.3 Å². The molecule has 1 aromatic heterocycles. The van der Waals surface area contributed by atoms with Gasteiger partial charge in [-0.25, -0.2) is 4.39 Å². The molecule has 0 aliphatic carbocycles. The zero-order chi connectivity index (χ0) is 15.7. The summed E-state index contributed by atoms with van der Waals surface area (Å²) >= 11 is 5.93. The van der Waals surface area contributed by atoms with E-state index >= 15 is 0 Å². The number of carbonyl (C=O) groups excluding carboxylic acids is 1. The van der Waals surface area contributed by atoms with Crippen molar-refractivity contribution in [2.45, 2.75) is 0 Å². The van der Waals surface area contributed by atoms with Gasteiger partial charge in [0.2, 0.25) is 0 Å². The normalized spacial score (nSPS) is 10.7. The van der Waals surface area contributed by atoms with Crippen molar-refractivity contribution >= 4 is 34.1 Å². The van der Waals surface area contributed by atoms with Gasteiger partial charge in [-0.1, -0.05) is 11.6 Å². The highest BCUT2D eigenvalue weighted by atomic mass is 35.5. The molecular formula is C16H12ClFN2O2. The number of rotatable bonds is 3. The van der Waals surface area contributed by atoms with E-state index in [0.717, 1.165) is 10.9 Å². The number of methoxy groups -OCH3 is 1. The number of halogens is 2. The van der Waals surface area contributed by atoms with Crippen LogP contribution in [0, 0.1) is 5.82 Å². The summed E-state index contributed by atoms with van der Waals surface area (Å²) in [6.45, 7) is 0. The third-order valence-electron chi connectivity index (χ3n) is 3.24. The molecule has 4 nitrogen and oxygen atoms in total. The summed E-state index contributed by atoms with van der Waals surface area (Å²) in [5.74, 6) is -0.528. The maximum Gasteiger partial charge on any atom is 0.272 e. The van der Waals surface area contributed by atoms with Crippen LogP contribution in [0.2, 0.25) is 5.02 Å². The molecular weight excluding hydrogens is 307 g/mol. The number of ether oxygens (including phenoxy) is 1. The minimum Gasteiger partial charge on any atom is -0.494 e. The maximum atomic E-state index is 13.2. The number of aromatic amines is 1. The van der Waals surface area contributed by atoms with Crippen LogP contribution in [0.3, 0.4) is 0 Å². The molecule has 0 unspecified atom stereocenters. The third kappa shape index (κ3) is 2.76. The van der Waals surface area contributed by atoms with Gasteiger partial charge < -0.3 is 15.0 Å². The van der Waals surface area contributed by atoms with E-state index in [4.69, 9.17) is 16.3 Å². The number of hydrogen-bond acceptors (Lipinski definition) is 2. The van der Waals surface area contributed by atoms with Gasteiger partial charge in [-0.05, 0) is 36.4 Å².